The largest absolute Gasteiger partial charge is 0.352 e. The van der Waals surface area contributed by atoms with Crippen molar-refractivity contribution >= 4 is 11.8 Å². The van der Waals surface area contributed by atoms with E-state index in [2.05, 4.69) is 20.4 Å². The number of amides is 2. The first-order valence-corrected chi connectivity index (χ1v) is 9.64. The number of rotatable bonds is 7. The number of carbonyl (C=O) groups excluding carboxylic acids is 2. The fraction of sp³-hybridized carbons (Fsp3) is 0.889. The van der Waals surface area contributed by atoms with E-state index in [1.807, 2.05) is 13.8 Å². The highest BCUT2D eigenvalue weighted by Gasteiger charge is 2.24. The van der Waals surface area contributed by atoms with Crippen molar-refractivity contribution in [3.05, 3.63) is 0 Å². The molecule has 2 fully saturated rings. The van der Waals surface area contributed by atoms with Crippen LogP contribution in [0.5, 0.6) is 0 Å². The first-order chi connectivity index (χ1) is 11.6. The van der Waals surface area contributed by atoms with Crippen molar-refractivity contribution in [1.82, 2.24) is 20.4 Å². The molecule has 0 aromatic rings. The van der Waals surface area contributed by atoms with Gasteiger partial charge in [-0.25, -0.2) is 0 Å². The van der Waals surface area contributed by atoms with E-state index in [-0.39, 0.29) is 11.8 Å². The maximum absolute atomic E-state index is 11.6. The molecular formula is C18H34N4O2. The van der Waals surface area contributed by atoms with Gasteiger partial charge in [-0.15, -0.1) is 0 Å². The van der Waals surface area contributed by atoms with Crippen molar-refractivity contribution in [2.24, 2.45) is 0 Å². The van der Waals surface area contributed by atoms with E-state index in [4.69, 9.17) is 0 Å². The van der Waals surface area contributed by atoms with Crippen LogP contribution in [0.1, 0.15) is 52.4 Å². The zero-order chi connectivity index (χ0) is 17.4. The zero-order valence-corrected chi connectivity index (χ0v) is 15.4. The Kier molecular flexibility index (Phi) is 7.99. The van der Waals surface area contributed by atoms with E-state index in [0.717, 1.165) is 65.0 Å². The van der Waals surface area contributed by atoms with E-state index < -0.39 is 0 Å². The second kappa shape index (κ2) is 9.99. The molecule has 2 amide bonds. The number of hydrogen-bond donors (Lipinski definition) is 2. The van der Waals surface area contributed by atoms with E-state index in [9.17, 15) is 9.59 Å². The van der Waals surface area contributed by atoms with Crippen LogP contribution in [0.4, 0.5) is 0 Å². The molecule has 24 heavy (non-hydrogen) atoms. The van der Waals surface area contributed by atoms with Gasteiger partial charge in [0.25, 0.3) is 0 Å². The minimum absolute atomic E-state index is 0.160. The summed E-state index contributed by atoms with van der Waals surface area (Å²) in [7, 11) is 0. The smallest absolute Gasteiger partial charge is 0.219 e. The molecule has 0 saturated carbocycles. The topological polar surface area (TPSA) is 64.7 Å². The minimum atomic E-state index is 0.160. The van der Waals surface area contributed by atoms with Gasteiger partial charge in [0.2, 0.25) is 11.8 Å². The van der Waals surface area contributed by atoms with Gasteiger partial charge in [0.05, 0.1) is 0 Å². The molecule has 0 aromatic heterocycles. The molecule has 2 aliphatic rings. The molecule has 2 aliphatic heterocycles. The molecule has 6 heteroatoms. The maximum Gasteiger partial charge on any atom is 0.219 e. The summed E-state index contributed by atoms with van der Waals surface area (Å²) in [5.74, 6) is 0.319. The Morgan fingerprint density at radius 2 is 1.25 bits per heavy atom. The van der Waals surface area contributed by atoms with Crippen LogP contribution in [0.2, 0.25) is 0 Å². The van der Waals surface area contributed by atoms with Crippen LogP contribution in [-0.4, -0.2) is 73.0 Å². The predicted molar refractivity (Wildman–Crippen MR) is 95.8 cm³/mol. The molecule has 0 bridgehead atoms. The van der Waals surface area contributed by atoms with Crippen LogP contribution >= 0.6 is 0 Å². The van der Waals surface area contributed by atoms with Gasteiger partial charge in [0.15, 0.2) is 0 Å². The van der Waals surface area contributed by atoms with Gasteiger partial charge in [0.1, 0.15) is 0 Å². The minimum Gasteiger partial charge on any atom is -0.352 e. The summed E-state index contributed by atoms with van der Waals surface area (Å²) in [6.07, 6.45) is 5.63. The lowest BCUT2D eigenvalue weighted by Crippen LogP contribution is -2.51. The fourth-order valence-corrected chi connectivity index (χ4v) is 3.70. The second-order valence-electron chi connectivity index (χ2n) is 7.12. The van der Waals surface area contributed by atoms with E-state index in [1.54, 1.807) is 0 Å². The number of hydrogen-bond acceptors (Lipinski definition) is 4. The van der Waals surface area contributed by atoms with Crippen molar-refractivity contribution < 1.29 is 9.59 Å². The Bertz CT molecular complexity index is 378. The Morgan fingerprint density at radius 3 is 1.62 bits per heavy atom. The number of carbonyl (C=O) groups is 2. The summed E-state index contributed by atoms with van der Waals surface area (Å²) in [4.78, 5) is 28.1. The van der Waals surface area contributed by atoms with Crippen LogP contribution in [0.3, 0.4) is 0 Å². The summed E-state index contributed by atoms with van der Waals surface area (Å²) in [5, 5.41) is 6.26. The lowest BCUT2D eigenvalue weighted by molar-refractivity contribution is -0.122. The Morgan fingerprint density at radius 1 is 0.833 bits per heavy atom. The third-order valence-corrected chi connectivity index (χ3v) is 5.12. The van der Waals surface area contributed by atoms with E-state index >= 15 is 0 Å². The Labute approximate surface area is 146 Å². The van der Waals surface area contributed by atoms with Gasteiger partial charge in [-0.05, 0) is 38.8 Å². The molecule has 2 atom stereocenters. The highest BCUT2D eigenvalue weighted by atomic mass is 16.2. The highest BCUT2D eigenvalue weighted by molar-refractivity contribution is 5.76. The average Bonchev–Trinajstić information content (AvgIpc) is 2.60. The van der Waals surface area contributed by atoms with Gasteiger partial charge in [0, 0.05) is 51.1 Å². The predicted octanol–water partition coefficient (Wildman–Crippen LogP) is 0.968. The summed E-state index contributed by atoms with van der Waals surface area (Å²) >= 11 is 0. The number of nitrogens with one attached hydrogen (secondary N) is 2. The monoisotopic (exact) mass is 338 g/mol. The zero-order valence-electron chi connectivity index (χ0n) is 15.4. The average molecular weight is 338 g/mol. The lowest BCUT2D eigenvalue weighted by atomic mass is 10.0. The van der Waals surface area contributed by atoms with E-state index in [0.29, 0.717) is 24.9 Å². The lowest BCUT2D eigenvalue weighted by Gasteiger charge is -2.37. The summed E-state index contributed by atoms with van der Waals surface area (Å²) in [6, 6.07) is 0.619. The Hall–Kier alpha value is -1.14. The molecule has 138 valence electrons. The summed E-state index contributed by atoms with van der Waals surface area (Å²) in [5.41, 5.74) is 0. The van der Waals surface area contributed by atoms with Crippen molar-refractivity contribution in [1.29, 1.82) is 0 Å². The second-order valence-corrected chi connectivity index (χ2v) is 7.12. The molecule has 2 N–H and O–H groups in total. The molecule has 2 saturated heterocycles. The number of likely N-dealkylation sites (tertiary alicyclic amines) is 2. The molecule has 2 rings (SSSR count). The third kappa shape index (κ3) is 6.40. The molecular weight excluding hydrogens is 304 g/mol. The molecule has 0 spiro atoms. The normalized spacial score (nSPS) is 26.1. The standard InChI is InChI=1S/C18H34N4O2/c1-3-17(23)19-15-7-5-9-21(13-15)11-12-22-10-6-8-16(14-22)20-18(24)4-2/h15-16H,3-14H2,1-2H3,(H,19,23)(H,20,24). The van der Waals surface area contributed by atoms with Crippen molar-refractivity contribution in [3.63, 3.8) is 0 Å². The summed E-state index contributed by atoms with van der Waals surface area (Å²) in [6.45, 7) is 10.1. The van der Waals surface area contributed by atoms with Crippen LogP contribution in [0.25, 0.3) is 0 Å². The fourth-order valence-electron chi connectivity index (χ4n) is 3.70. The molecule has 6 nitrogen and oxygen atoms in total. The van der Waals surface area contributed by atoms with Crippen LogP contribution in [0, 0.1) is 0 Å². The summed E-state index contributed by atoms with van der Waals surface area (Å²) < 4.78 is 0. The van der Waals surface area contributed by atoms with Crippen LogP contribution in [-0.2, 0) is 9.59 Å². The molecule has 0 aromatic carbocycles. The highest BCUT2D eigenvalue weighted by Crippen LogP contribution is 2.13. The van der Waals surface area contributed by atoms with E-state index in [1.165, 1.54) is 0 Å². The van der Waals surface area contributed by atoms with Gasteiger partial charge < -0.3 is 20.4 Å². The van der Waals surface area contributed by atoms with Gasteiger partial charge in [-0.2, -0.15) is 0 Å². The first kappa shape index (κ1) is 19.2. The van der Waals surface area contributed by atoms with Crippen molar-refractivity contribution in [2.45, 2.75) is 64.5 Å². The Balaban J connectivity index is 1.70. The van der Waals surface area contributed by atoms with Gasteiger partial charge in [-0.3, -0.25) is 9.59 Å². The van der Waals surface area contributed by atoms with Crippen molar-refractivity contribution in [2.75, 3.05) is 39.3 Å². The number of nitrogens with zero attached hydrogens (tertiary/aromatic N) is 2. The SMILES string of the molecule is CCC(=O)NC1CCCN(CCN2CCCC(NC(=O)CC)C2)C1. The number of piperidine rings is 2. The van der Waals surface area contributed by atoms with Crippen LogP contribution in [0.15, 0.2) is 0 Å². The maximum atomic E-state index is 11.6. The molecule has 2 unspecified atom stereocenters. The molecule has 0 radical (unpaired) electrons. The molecule has 0 aliphatic carbocycles. The van der Waals surface area contributed by atoms with Gasteiger partial charge in [-0.1, -0.05) is 13.8 Å². The first-order valence-electron chi connectivity index (χ1n) is 9.64. The quantitative estimate of drug-likeness (QED) is 0.726. The van der Waals surface area contributed by atoms with Crippen LogP contribution < -0.4 is 10.6 Å². The van der Waals surface area contributed by atoms with Crippen molar-refractivity contribution in [3.8, 4) is 0 Å². The molecule has 2 heterocycles. The third-order valence-electron chi connectivity index (χ3n) is 5.12. The van der Waals surface area contributed by atoms with Gasteiger partial charge >= 0.3 is 0 Å².